The number of benzene rings is 2. The van der Waals surface area contributed by atoms with Crippen LogP contribution in [0.15, 0.2) is 59.6 Å². The van der Waals surface area contributed by atoms with E-state index in [-0.39, 0.29) is 6.61 Å². The van der Waals surface area contributed by atoms with Crippen LogP contribution in [-0.4, -0.2) is 11.8 Å². The Kier molecular flexibility index (Phi) is 10.0. The molecule has 0 amide bonds. The van der Waals surface area contributed by atoms with Crippen LogP contribution in [0, 0.1) is 6.92 Å². The third-order valence-corrected chi connectivity index (χ3v) is 2.24. The summed E-state index contributed by atoms with van der Waals surface area (Å²) in [6.45, 7) is 9.54. The summed E-state index contributed by atoms with van der Waals surface area (Å²) in [7, 11) is 0. The van der Waals surface area contributed by atoms with Crippen LogP contribution >= 0.6 is 0 Å². The molecule has 0 radical (unpaired) electrons. The normalized spacial score (nSPS) is 8.42. The number of aliphatic imine (C=N–C) groups is 1. The number of aliphatic hydroxyl groups excluding tert-OH is 1. The molecule has 0 atom stereocenters. The second-order valence-corrected chi connectivity index (χ2v) is 3.64. The molecule has 0 aliphatic carbocycles. The van der Waals surface area contributed by atoms with Crippen LogP contribution in [0.1, 0.15) is 25.0 Å². The molecule has 0 aliphatic rings. The SMILES string of the molecule is C=Nc1ccc(CO)cc1.CC.Cc1ccccc1. The molecule has 2 nitrogen and oxygen atoms in total. The van der Waals surface area contributed by atoms with Gasteiger partial charge in [0.05, 0.1) is 12.3 Å². The first-order chi connectivity index (χ1) is 9.26. The lowest BCUT2D eigenvalue weighted by atomic mass is 10.2. The summed E-state index contributed by atoms with van der Waals surface area (Å²) in [5.74, 6) is 0. The van der Waals surface area contributed by atoms with E-state index in [1.165, 1.54) is 5.56 Å². The summed E-state index contributed by atoms with van der Waals surface area (Å²) < 4.78 is 0. The first-order valence-corrected chi connectivity index (χ1v) is 6.44. The van der Waals surface area contributed by atoms with Crippen LogP contribution in [0.25, 0.3) is 0 Å². The lowest BCUT2D eigenvalue weighted by Gasteiger charge is -1.94. The highest BCUT2D eigenvalue weighted by Gasteiger charge is 1.88. The van der Waals surface area contributed by atoms with Crippen molar-refractivity contribution in [1.82, 2.24) is 0 Å². The van der Waals surface area contributed by atoms with E-state index in [0.29, 0.717) is 0 Å². The van der Waals surface area contributed by atoms with Crippen molar-refractivity contribution >= 4 is 12.4 Å². The number of hydrogen-bond donors (Lipinski definition) is 1. The Hall–Kier alpha value is -1.93. The van der Waals surface area contributed by atoms with Crippen molar-refractivity contribution in [2.75, 3.05) is 0 Å². The zero-order chi connectivity index (χ0) is 14.5. The average molecular weight is 257 g/mol. The van der Waals surface area contributed by atoms with Gasteiger partial charge in [-0.25, -0.2) is 0 Å². The van der Waals surface area contributed by atoms with Gasteiger partial charge in [-0.2, -0.15) is 0 Å². The highest BCUT2D eigenvalue weighted by Crippen LogP contribution is 2.11. The molecule has 2 heteroatoms. The second kappa shape index (κ2) is 11.2. The van der Waals surface area contributed by atoms with Gasteiger partial charge in [-0.15, -0.1) is 0 Å². The van der Waals surface area contributed by atoms with E-state index in [1.54, 1.807) is 0 Å². The summed E-state index contributed by atoms with van der Waals surface area (Å²) in [5, 5.41) is 8.65. The zero-order valence-electron chi connectivity index (χ0n) is 12.0. The Bertz CT molecular complexity index is 435. The molecule has 19 heavy (non-hydrogen) atoms. The van der Waals surface area contributed by atoms with E-state index in [4.69, 9.17) is 5.11 Å². The molecule has 0 saturated heterocycles. The molecule has 0 spiro atoms. The predicted molar refractivity (Wildman–Crippen MR) is 84.1 cm³/mol. The Labute approximate surface area is 116 Å². The van der Waals surface area contributed by atoms with Gasteiger partial charge in [-0.3, -0.25) is 4.99 Å². The summed E-state index contributed by atoms with van der Waals surface area (Å²) in [6.07, 6.45) is 0. The van der Waals surface area contributed by atoms with Crippen LogP contribution < -0.4 is 0 Å². The van der Waals surface area contributed by atoms with E-state index in [2.05, 4.69) is 30.8 Å². The number of hydrogen-bond acceptors (Lipinski definition) is 2. The van der Waals surface area contributed by atoms with Gasteiger partial charge < -0.3 is 5.11 Å². The Morgan fingerprint density at radius 1 is 0.947 bits per heavy atom. The zero-order valence-corrected chi connectivity index (χ0v) is 12.0. The monoisotopic (exact) mass is 257 g/mol. The molecule has 0 aliphatic heterocycles. The van der Waals surface area contributed by atoms with Gasteiger partial charge in [0.2, 0.25) is 0 Å². The second-order valence-electron chi connectivity index (χ2n) is 3.64. The Balaban J connectivity index is 0.000000316. The van der Waals surface area contributed by atoms with Crippen LogP contribution in [0.5, 0.6) is 0 Å². The maximum atomic E-state index is 8.65. The molecule has 102 valence electrons. The van der Waals surface area contributed by atoms with Gasteiger partial charge in [-0.1, -0.05) is 61.9 Å². The van der Waals surface area contributed by atoms with Gasteiger partial charge in [-0.05, 0) is 31.3 Å². The van der Waals surface area contributed by atoms with Gasteiger partial charge in [0.15, 0.2) is 0 Å². The number of rotatable bonds is 2. The lowest BCUT2D eigenvalue weighted by Crippen LogP contribution is -1.79. The average Bonchev–Trinajstić information content (AvgIpc) is 2.51. The smallest absolute Gasteiger partial charge is 0.0681 e. The minimum Gasteiger partial charge on any atom is -0.392 e. The lowest BCUT2D eigenvalue weighted by molar-refractivity contribution is 0.282. The molecule has 0 bridgehead atoms. The summed E-state index contributed by atoms with van der Waals surface area (Å²) in [4.78, 5) is 3.71. The van der Waals surface area contributed by atoms with Crippen LogP contribution in [-0.2, 0) is 6.61 Å². The van der Waals surface area contributed by atoms with E-state index < -0.39 is 0 Å². The van der Waals surface area contributed by atoms with Crippen LogP contribution in [0.4, 0.5) is 5.69 Å². The molecule has 2 aromatic rings. The highest BCUT2D eigenvalue weighted by atomic mass is 16.3. The van der Waals surface area contributed by atoms with Gasteiger partial charge in [0.1, 0.15) is 0 Å². The largest absolute Gasteiger partial charge is 0.392 e. The first-order valence-electron chi connectivity index (χ1n) is 6.44. The van der Waals surface area contributed by atoms with Gasteiger partial charge in [0, 0.05) is 0 Å². The molecular weight excluding hydrogens is 234 g/mol. The van der Waals surface area contributed by atoms with Crippen molar-refractivity contribution in [2.45, 2.75) is 27.4 Å². The topological polar surface area (TPSA) is 32.6 Å². The van der Waals surface area contributed by atoms with Crippen molar-refractivity contribution < 1.29 is 5.11 Å². The van der Waals surface area contributed by atoms with Crippen LogP contribution in [0.3, 0.4) is 0 Å². The van der Waals surface area contributed by atoms with E-state index in [0.717, 1.165) is 11.3 Å². The summed E-state index contributed by atoms with van der Waals surface area (Å²) in [6, 6.07) is 17.5. The maximum Gasteiger partial charge on any atom is 0.0681 e. The molecule has 0 saturated carbocycles. The highest BCUT2D eigenvalue weighted by molar-refractivity contribution is 5.45. The molecule has 0 unspecified atom stereocenters. The van der Waals surface area contributed by atoms with Crippen LogP contribution in [0.2, 0.25) is 0 Å². The first kappa shape index (κ1) is 17.1. The summed E-state index contributed by atoms with van der Waals surface area (Å²) in [5.41, 5.74) is 3.05. The molecule has 2 rings (SSSR count). The van der Waals surface area contributed by atoms with Gasteiger partial charge in [0.25, 0.3) is 0 Å². The standard InChI is InChI=1S/C8H9NO.C7H8.C2H6/c1-9-8-4-2-7(6-10)3-5-8;1-7-5-3-2-4-6-7;1-2/h2-5,10H,1,6H2;2-6H,1H3;1-2H3. The van der Waals surface area contributed by atoms with Crippen molar-refractivity contribution in [2.24, 2.45) is 4.99 Å². The van der Waals surface area contributed by atoms with Gasteiger partial charge >= 0.3 is 0 Å². The molecule has 1 N–H and O–H groups in total. The Morgan fingerprint density at radius 2 is 1.47 bits per heavy atom. The molecule has 0 aromatic heterocycles. The Morgan fingerprint density at radius 3 is 1.79 bits per heavy atom. The molecule has 2 aromatic carbocycles. The van der Waals surface area contributed by atoms with Crippen molar-refractivity contribution in [3.05, 3.63) is 65.7 Å². The third kappa shape index (κ3) is 7.90. The number of aliphatic hydroxyl groups is 1. The number of nitrogens with zero attached hydrogens (tertiary/aromatic N) is 1. The fourth-order valence-corrected chi connectivity index (χ4v) is 1.24. The minimum absolute atomic E-state index is 0.0808. The van der Waals surface area contributed by atoms with Crippen molar-refractivity contribution in [1.29, 1.82) is 0 Å². The molecular formula is C17H23NO. The number of aryl methyl sites for hydroxylation is 1. The third-order valence-electron chi connectivity index (χ3n) is 2.24. The molecule has 0 heterocycles. The van der Waals surface area contributed by atoms with Crippen molar-refractivity contribution in [3.63, 3.8) is 0 Å². The fraction of sp³-hybridized carbons (Fsp3) is 0.235. The van der Waals surface area contributed by atoms with Crippen molar-refractivity contribution in [3.8, 4) is 0 Å². The minimum atomic E-state index is 0.0808. The fourth-order valence-electron chi connectivity index (χ4n) is 1.24. The summed E-state index contributed by atoms with van der Waals surface area (Å²) >= 11 is 0. The van der Waals surface area contributed by atoms with E-state index in [9.17, 15) is 0 Å². The van der Waals surface area contributed by atoms with E-state index >= 15 is 0 Å². The maximum absolute atomic E-state index is 8.65. The van der Waals surface area contributed by atoms with E-state index in [1.807, 2.05) is 56.3 Å². The molecule has 0 fully saturated rings. The predicted octanol–water partition coefficient (Wildman–Crippen LogP) is 4.53. The quantitative estimate of drug-likeness (QED) is 0.787.